The molecule has 2 unspecified atom stereocenters. The van der Waals surface area contributed by atoms with Gasteiger partial charge in [0.15, 0.2) is 0 Å². The third kappa shape index (κ3) is 4.39. The smallest absolute Gasteiger partial charge is 0.228 e. The molecule has 2 N–H and O–H groups in total. The molecule has 1 amide bonds. The van der Waals surface area contributed by atoms with E-state index in [9.17, 15) is 4.79 Å². The molecule has 1 aromatic carbocycles. The summed E-state index contributed by atoms with van der Waals surface area (Å²) in [4.78, 5) is 16.8. The zero-order valence-electron chi connectivity index (χ0n) is 12.1. The molecule has 0 aliphatic heterocycles. The third-order valence-electron chi connectivity index (χ3n) is 3.32. The highest BCUT2D eigenvalue weighted by atomic mass is 16.3. The van der Waals surface area contributed by atoms with Gasteiger partial charge in [-0.1, -0.05) is 36.4 Å². The molecule has 0 saturated heterocycles. The third-order valence-corrected chi connectivity index (χ3v) is 3.32. The Kier molecular flexibility index (Phi) is 5.46. The van der Waals surface area contributed by atoms with Gasteiger partial charge in [-0.3, -0.25) is 9.78 Å². The van der Waals surface area contributed by atoms with E-state index in [1.165, 1.54) is 0 Å². The van der Waals surface area contributed by atoms with Crippen LogP contribution in [0.5, 0.6) is 0 Å². The number of carbonyl (C=O) groups is 1. The Balaban J connectivity index is 2.20. The van der Waals surface area contributed by atoms with Crippen LogP contribution in [0, 0.1) is 0 Å². The Morgan fingerprint density at radius 2 is 1.90 bits per heavy atom. The number of hydrogen-bond donors (Lipinski definition) is 2. The van der Waals surface area contributed by atoms with Crippen LogP contribution in [-0.2, 0) is 11.2 Å². The SMILES string of the molecule is CC(CO)NC(=O)C(Cc1ccccn1)c1ccccc1. The minimum absolute atomic E-state index is 0.0726. The number of aliphatic hydroxyl groups is 1. The first-order valence-corrected chi connectivity index (χ1v) is 7.06. The van der Waals surface area contributed by atoms with Crippen molar-refractivity contribution in [1.82, 2.24) is 10.3 Å². The summed E-state index contributed by atoms with van der Waals surface area (Å²) in [6.45, 7) is 1.71. The fraction of sp³-hybridized carbons (Fsp3) is 0.294. The molecule has 0 saturated carbocycles. The van der Waals surface area contributed by atoms with Gasteiger partial charge >= 0.3 is 0 Å². The number of benzene rings is 1. The van der Waals surface area contributed by atoms with Gasteiger partial charge in [0.25, 0.3) is 0 Å². The lowest BCUT2D eigenvalue weighted by Crippen LogP contribution is -2.39. The van der Waals surface area contributed by atoms with E-state index < -0.39 is 0 Å². The van der Waals surface area contributed by atoms with Gasteiger partial charge in [-0.05, 0) is 24.6 Å². The molecular formula is C17H20N2O2. The molecule has 110 valence electrons. The summed E-state index contributed by atoms with van der Waals surface area (Å²) < 4.78 is 0. The molecule has 4 heteroatoms. The molecule has 1 heterocycles. The van der Waals surface area contributed by atoms with E-state index in [0.717, 1.165) is 11.3 Å². The largest absolute Gasteiger partial charge is 0.394 e. The van der Waals surface area contributed by atoms with Gasteiger partial charge in [-0.15, -0.1) is 0 Å². The van der Waals surface area contributed by atoms with Crippen molar-refractivity contribution in [3.8, 4) is 0 Å². The van der Waals surface area contributed by atoms with Gasteiger partial charge < -0.3 is 10.4 Å². The first-order chi connectivity index (χ1) is 10.2. The quantitative estimate of drug-likeness (QED) is 0.851. The number of carbonyl (C=O) groups excluding carboxylic acids is 1. The Morgan fingerprint density at radius 3 is 2.52 bits per heavy atom. The second-order valence-corrected chi connectivity index (χ2v) is 5.08. The van der Waals surface area contributed by atoms with Gasteiger partial charge in [-0.2, -0.15) is 0 Å². The lowest BCUT2D eigenvalue weighted by Gasteiger charge is -2.19. The maximum Gasteiger partial charge on any atom is 0.228 e. The van der Waals surface area contributed by atoms with Crippen LogP contribution >= 0.6 is 0 Å². The fourth-order valence-electron chi connectivity index (χ4n) is 2.16. The van der Waals surface area contributed by atoms with Crippen LogP contribution in [-0.4, -0.2) is 28.6 Å². The first-order valence-electron chi connectivity index (χ1n) is 7.06. The van der Waals surface area contributed by atoms with Gasteiger partial charge in [0, 0.05) is 24.4 Å². The number of aromatic nitrogens is 1. The van der Waals surface area contributed by atoms with E-state index in [1.54, 1.807) is 13.1 Å². The summed E-state index contributed by atoms with van der Waals surface area (Å²) in [5, 5.41) is 11.9. The zero-order chi connectivity index (χ0) is 15.1. The van der Waals surface area contributed by atoms with Gasteiger partial charge in [0.05, 0.1) is 12.5 Å². The molecule has 0 fully saturated rings. The highest BCUT2D eigenvalue weighted by molar-refractivity contribution is 5.84. The number of amides is 1. The number of nitrogens with zero attached hydrogens (tertiary/aromatic N) is 1. The highest BCUT2D eigenvalue weighted by Gasteiger charge is 2.22. The summed E-state index contributed by atoms with van der Waals surface area (Å²) in [5.74, 6) is -0.400. The Labute approximate surface area is 124 Å². The van der Waals surface area contributed by atoms with Crippen molar-refractivity contribution < 1.29 is 9.90 Å². The van der Waals surface area contributed by atoms with Crippen molar-refractivity contribution >= 4 is 5.91 Å². The standard InChI is InChI=1S/C17H20N2O2/c1-13(12-20)19-17(21)16(14-7-3-2-4-8-14)11-15-9-5-6-10-18-15/h2-10,13,16,20H,11-12H2,1H3,(H,19,21). The highest BCUT2D eigenvalue weighted by Crippen LogP contribution is 2.20. The molecule has 0 aliphatic carbocycles. The van der Waals surface area contributed by atoms with Crippen molar-refractivity contribution in [2.75, 3.05) is 6.61 Å². The van der Waals surface area contributed by atoms with Crippen molar-refractivity contribution in [1.29, 1.82) is 0 Å². The molecule has 2 atom stereocenters. The summed E-state index contributed by atoms with van der Waals surface area (Å²) in [6.07, 6.45) is 2.26. The molecule has 1 aromatic heterocycles. The lowest BCUT2D eigenvalue weighted by molar-refractivity contribution is -0.123. The van der Waals surface area contributed by atoms with E-state index >= 15 is 0 Å². The maximum absolute atomic E-state index is 12.5. The second-order valence-electron chi connectivity index (χ2n) is 5.08. The number of aliphatic hydroxyl groups excluding tert-OH is 1. The number of rotatable bonds is 6. The Hall–Kier alpha value is -2.20. The molecule has 21 heavy (non-hydrogen) atoms. The number of hydrogen-bond acceptors (Lipinski definition) is 3. The minimum atomic E-state index is -0.310. The van der Waals surface area contributed by atoms with E-state index in [4.69, 9.17) is 5.11 Å². The van der Waals surface area contributed by atoms with E-state index in [-0.39, 0.29) is 24.5 Å². The van der Waals surface area contributed by atoms with Gasteiger partial charge in [-0.25, -0.2) is 0 Å². The summed E-state index contributed by atoms with van der Waals surface area (Å²) in [6, 6.07) is 15.1. The van der Waals surface area contributed by atoms with Crippen molar-refractivity contribution in [3.05, 3.63) is 66.0 Å². The van der Waals surface area contributed by atoms with Crippen molar-refractivity contribution in [3.63, 3.8) is 0 Å². The second kappa shape index (κ2) is 7.55. The van der Waals surface area contributed by atoms with Gasteiger partial charge in [0.1, 0.15) is 0 Å². The van der Waals surface area contributed by atoms with Crippen LogP contribution in [0.1, 0.15) is 24.1 Å². The molecule has 0 aliphatic rings. The summed E-state index contributed by atoms with van der Waals surface area (Å²) in [7, 11) is 0. The van der Waals surface area contributed by atoms with E-state index in [0.29, 0.717) is 6.42 Å². The lowest BCUT2D eigenvalue weighted by atomic mass is 9.93. The maximum atomic E-state index is 12.5. The topological polar surface area (TPSA) is 62.2 Å². The number of nitrogens with one attached hydrogen (secondary N) is 1. The Bertz CT molecular complexity index is 558. The molecule has 0 radical (unpaired) electrons. The van der Waals surface area contributed by atoms with Crippen LogP contribution in [0.4, 0.5) is 0 Å². The van der Waals surface area contributed by atoms with Gasteiger partial charge in [0.2, 0.25) is 5.91 Å². The van der Waals surface area contributed by atoms with Crippen LogP contribution < -0.4 is 5.32 Å². The molecule has 4 nitrogen and oxygen atoms in total. The summed E-state index contributed by atoms with van der Waals surface area (Å²) >= 11 is 0. The minimum Gasteiger partial charge on any atom is -0.394 e. The first kappa shape index (κ1) is 15.2. The average molecular weight is 284 g/mol. The zero-order valence-corrected chi connectivity index (χ0v) is 12.1. The molecule has 0 spiro atoms. The Morgan fingerprint density at radius 1 is 1.19 bits per heavy atom. The predicted molar refractivity (Wildman–Crippen MR) is 81.8 cm³/mol. The molecular weight excluding hydrogens is 264 g/mol. The van der Waals surface area contributed by atoms with E-state index in [1.807, 2.05) is 48.5 Å². The predicted octanol–water partition coefficient (Wildman–Crippen LogP) is 1.90. The van der Waals surface area contributed by atoms with Crippen LogP contribution in [0.15, 0.2) is 54.7 Å². The van der Waals surface area contributed by atoms with Crippen LogP contribution in [0.3, 0.4) is 0 Å². The molecule has 2 aromatic rings. The van der Waals surface area contributed by atoms with Crippen molar-refractivity contribution in [2.45, 2.75) is 25.3 Å². The van der Waals surface area contributed by atoms with Crippen LogP contribution in [0.2, 0.25) is 0 Å². The monoisotopic (exact) mass is 284 g/mol. The van der Waals surface area contributed by atoms with Crippen molar-refractivity contribution in [2.24, 2.45) is 0 Å². The normalized spacial score (nSPS) is 13.4. The summed E-state index contributed by atoms with van der Waals surface area (Å²) in [5.41, 5.74) is 1.82. The molecule has 0 bridgehead atoms. The molecule has 2 rings (SSSR count). The number of pyridine rings is 1. The van der Waals surface area contributed by atoms with Crippen LogP contribution in [0.25, 0.3) is 0 Å². The van der Waals surface area contributed by atoms with E-state index in [2.05, 4.69) is 10.3 Å². The average Bonchev–Trinajstić information content (AvgIpc) is 2.54. The fourth-order valence-corrected chi connectivity index (χ4v) is 2.16.